The van der Waals surface area contributed by atoms with Gasteiger partial charge in [0.2, 0.25) is 0 Å². The molecule has 0 saturated heterocycles. The first-order chi connectivity index (χ1) is 9.27. The van der Waals surface area contributed by atoms with Crippen molar-refractivity contribution in [2.45, 2.75) is 39.7 Å². The smallest absolute Gasteiger partial charge is 0.254 e. The Balaban J connectivity index is 2.22. The minimum absolute atomic E-state index is 0.203. The molecule has 1 aromatic carbocycles. The van der Waals surface area contributed by atoms with Gasteiger partial charge in [-0.05, 0) is 43.5 Å². The molecule has 3 nitrogen and oxygen atoms in total. The van der Waals surface area contributed by atoms with Gasteiger partial charge in [-0.15, -0.1) is 0 Å². The van der Waals surface area contributed by atoms with Crippen LogP contribution in [0, 0.1) is 0 Å². The van der Waals surface area contributed by atoms with Gasteiger partial charge in [-0.2, -0.15) is 0 Å². The molecule has 0 unspecified atom stereocenters. The number of hydrogen-bond donors (Lipinski definition) is 1. The van der Waals surface area contributed by atoms with E-state index < -0.39 is 0 Å². The minimum atomic E-state index is 0.203. The molecule has 0 spiro atoms. The van der Waals surface area contributed by atoms with Crippen LogP contribution in [0.1, 0.15) is 48.2 Å². The van der Waals surface area contributed by atoms with E-state index in [1.807, 2.05) is 17.0 Å². The summed E-state index contributed by atoms with van der Waals surface area (Å²) in [5.74, 6) is 0.203. The van der Waals surface area contributed by atoms with Crippen molar-refractivity contribution in [2.24, 2.45) is 0 Å². The number of nitrogens with zero attached hydrogens (tertiary/aromatic N) is 1. The van der Waals surface area contributed by atoms with Crippen LogP contribution in [-0.2, 0) is 13.0 Å². The SMILES string of the molecule is CCCCN(CC)C(=O)c1cccc2c1CCNC2. The van der Waals surface area contributed by atoms with Crippen LogP contribution in [0.5, 0.6) is 0 Å². The molecule has 1 heterocycles. The Kier molecular flexibility index (Phi) is 4.97. The zero-order valence-corrected chi connectivity index (χ0v) is 12.0. The van der Waals surface area contributed by atoms with Crippen molar-refractivity contribution in [3.63, 3.8) is 0 Å². The first-order valence-electron chi connectivity index (χ1n) is 7.38. The number of amides is 1. The van der Waals surface area contributed by atoms with Crippen molar-refractivity contribution in [1.82, 2.24) is 10.2 Å². The highest BCUT2D eigenvalue weighted by atomic mass is 16.2. The van der Waals surface area contributed by atoms with E-state index in [0.717, 1.165) is 51.0 Å². The topological polar surface area (TPSA) is 32.3 Å². The van der Waals surface area contributed by atoms with Crippen molar-refractivity contribution >= 4 is 5.91 Å². The zero-order chi connectivity index (χ0) is 13.7. The van der Waals surface area contributed by atoms with E-state index >= 15 is 0 Å². The summed E-state index contributed by atoms with van der Waals surface area (Å²) in [6.45, 7) is 7.74. The van der Waals surface area contributed by atoms with Crippen molar-refractivity contribution < 1.29 is 4.79 Å². The van der Waals surface area contributed by atoms with Crippen LogP contribution >= 0.6 is 0 Å². The molecule has 0 radical (unpaired) electrons. The maximum absolute atomic E-state index is 12.7. The number of hydrogen-bond acceptors (Lipinski definition) is 2. The molecule has 1 aromatic rings. The third kappa shape index (κ3) is 3.16. The summed E-state index contributed by atoms with van der Waals surface area (Å²) < 4.78 is 0. The van der Waals surface area contributed by atoms with Crippen LogP contribution in [0.3, 0.4) is 0 Å². The van der Waals surface area contributed by atoms with Crippen LogP contribution in [0.15, 0.2) is 18.2 Å². The molecule has 0 bridgehead atoms. The third-order valence-electron chi connectivity index (χ3n) is 3.82. The summed E-state index contributed by atoms with van der Waals surface area (Å²) in [7, 11) is 0. The van der Waals surface area contributed by atoms with Crippen molar-refractivity contribution in [3.05, 3.63) is 34.9 Å². The largest absolute Gasteiger partial charge is 0.339 e. The van der Waals surface area contributed by atoms with Gasteiger partial charge in [0.1, 0.15) is 0 Å². The molecule has 0 atom stereocenters. The van der Waals surface area contributed by atoms with Crippen molar-refractivity contribution in [2.75, 3.05) is 19.6 Å². The highest BCUT2D eigenvalue weighted by molar-refractivity contribution is 5.96. The first kappa shape index (κ1) is 14.1. The Morgan fingerprint density at radius 3 is 2.95 bits per heavy atom. The van der Waals surface area contributed by atoms with Gasteiger partial charge in [0.15, 0.2) is 0 Å². The summed E-state index contributed by atoms with van der Waals surface area (Å²) in [6.07, 6.45) is 3.17. The van der Waals surface area contributed by atoms with E-state index in [1.54, 1.807) is 0 Å². The van der Waals surface area contributed by atoms with Gasteiger partial charge in [0.25, 0.3) is 5.91 Å². The molecule has 104 valence electrons. The predicted octanol–water partition coefficient (Wildman–Crippen LogP) is 2.59. The van der Waals surface area contributed by atoms with E-state index in [1.165, 1.54) is 11.1 Å². The molecule has 0 aliphatic carbocycles. The van der Waals surface area contributed by atoms with Gasteiger partial charge >= 0.3 is 0 Å². The number of fused-ring (bicyclic) bond motifs is 1. The third-order valence-corrected chi connectivity index (χ3v) is 3.82. The normalized spacial score (nSPS) is 14.0. The Morgan fingerprint density at radius 1 is 1.37 bits per heavy atom. The van der Waals surface area contributed by atoms with Crippen molar-refractivity contribution in [3.8, 4) is 0 Å². The second-order valence-electron chi connectivity index (χ2n) is 5.11. The Hall–Kier alpha value is -1.35. The molecule has 0 aromatic heterocycles. The van der Waals surface area contributed by atoms with E-state index in [4.69, 9.17) is 0 Å². The maximum Gasteiger partial charge on any atom is 0.254 e. The summed E-state index contributed by atoms with van der Waals surface area (Å²) in [5.41, 5.74) is 3.45. The van der Waals surface area contributed by atoms with Crippen molar-refractivity contribution in [1.29, 1.82) is 0 Å². The summed E-state index contributed by atoms with van der Waals surface area (Å²) in [6, 6.07) is 6.12. The fourth-order valence-electron chi connectivity index (χ4n) is 2.65. The summed E-state index contributed by atoms with van der Waals surface area (Å²) in [5, 5.41) is 3.36. The number of benzene rings is 1. The van der Waals surface area contributed by atoms with Crippen LogP contribution in [-0.4, -0.2) is 30.4 Å². The lowest BCUT2D eigenvalue weighted by atomic mass is 9.94. The molecule has 3 heteroatoms. The van der Waals surface area contributed by atoms with E-state index in [-0.39, 0.29) is 5.91 Å². The highest BCUT2D eigenvalue weighted by Gasteiger charge is 2.20. The maximum atomic E-state index is 12.7. The number of unbranched alkanes of at least 4 members (excludes halogenated alkanes) is 1. The Labute approximate surface area is 116 Å². The Bertz CT molecular complexity index is 442. The zero-order valence-electron chi connectivity index (χ0n) is 12.0. The van der Waals surface area contributed by atoms with Crippen LogP contribution in [0.25, 0.3) is 0 Å². The van der Waals surface area contributed by atoms with E-state index in [2.05, 4.69) is 25.2 Å². The molecular formula is C16H24N2O. The van der Waals surface area contributed by atoms with Gasteiger partial charge in [-0.25, -0.2) is 0 Å². The van der Waals surface area contributed by atoms with Crippen LogP contribution in [0.4, 0.5) is 0 Å². The van der Waals surface area contributed by atoms with Gasteiger partial charge in [0.05, 0.1) is 0 Å². The van der Waals surface area contributed by atoms with E-state index in [0.29, 0.717) is 0 Å². The molecule has 0 fully saturated rings. The minimum Gasteiger partial charge on any atom is -0.339 e. The van der Waals surface area contributed by atoms with Gasteiger partial charge in [-0.1, -0.05) is 25.5 Å². The number of rotatable bonds is 5. The molecule has 2 rings (SSSR count). The van der Waals surface area contributed by atoms with E-state index in [9.17, 15) is 4.79 Å². The van der Waals surface area contributed by atoms with Crippen LogP contribution < -0.4 is 5.32 Å². The molecule has 1 N–H and O–H groups in total. The molecule has 1 aliphatic rings. The van der Waals surface area contributed by atoms with Gasteiger partial charge < -0.3 is 10.2 Å². The Morgan fingerprint density at radius 2 is 2.21 bits per heavy atom. The molecule has 19 heavy (non-hydrogen) atoms. The number of carbonyl (C=O) groups excluding carboxylic acids is 1. The highest BCUT2D eigenvalue weighted by Crippen LogP contribution is 2.20. The number of carbonyl (C=O) groups is 1. The average Bonchev–Trinajstić information content (AvgIpc) is 2.47. The predicted molar refractivity (Wildman–Crippen MR) is 78.3 cm³/mol. The lowest BCUT2D eigenvalue weighted by molar-refractivity contribution is 0.0761. The lowest BCUT2D eigenvalue weighted by Gasteiger charge is -2.25. The molecule has 1 aliphatic heterocycles. The fourth-order valence-corrected chi connectivity index (χ4v) is 2.65. The second-order valence-corrected chi connectivity index (χ2v) is 5.11. The quantitative estimate of drug-likeness (QED) is 0.882. The molecule has 0 saturated carbocycles. The average molecular weight is 260 g/mol. The molecular weight excluding hydrogens is 236 g/mol. The molecule has 1 amide bonds. The second kappa shape index (κ2) is 6.71. The van der Waals surface area contributed by atoms with Gasteiger partial charge in [0, 0.05) is 25.2 Å². The fraction of sp³-hybridized carbons (Fsp3) is 0.562. The summed E-state index contributed by atoms with van der Waals surface area (Å²) >= 11 is 0. The first-order valence-corrected chi connectivity index (χ1v) is 7.38. The van der Waals surface area contributed by atoms with Gasteiger partial charge in [-0.3, -0.25) is 4.79 Å². The van der Waals surface area contributed by atoms with Crippen LogP contribution in [0.2, 0.25) is 0 Å². The summed E-state index contributed by atoms with van der Waals surface area (Å²) in [4.78, 5) is 14.6. The lowest BCUT2D eigenvalue weighted by Crippen LogP contribution is -2.34. The monoisotopic (exact) mass is 260 g/mol. The standard InChI is InChI=1S/C16H24N2O/c1-3-5-11-18(4-2)16(19)15-8-6-7-13-12-17-10-9-14(13)15/h6-8,17H,3-5,9-12H2,1-2H3. The number of nitrogens with one attached hydrogen (secondary N) is 1.